The zero-order valence-corrected chi connectivity index (χ0v) is 11.6. The van der Waals surface area contributed by atoms with Gasteiger partial charge in [0.15, 0.2) is 0 Å². The minimum Gasteiger partial charge on any atom is -0.369 e. The molecular formula is C10H16ClN3O2S. The Morgan fingerprint density at radius 1 is 1.47 bits per heavy atom. The lowest BCUT2D eigenvalue weighted by molar-refractivity contribution is 0.520. The molecule has 0 saturated heterocycles. The van der Waals surface area contributed by atoms with Gasteiger partial charge in [0.1, 0.15) is 10.7 Å². The molecule has 1 aromatic heterocycles. The van der Waals surface area contributed by atoms with E-state index in [0.717, 1.165) is 17.3 Å². The molecule has 0 saturated carbocycles. The second kappa shape index (κ2) is 5.66. The van der Waals surface area contributed by atoms with Crippen molar-refractivity contribution >= 4 is 27.4 Å². The molecule has 0 atom stereocenters. The molecule has 0 aliphatic heterocycles. The average molecular weight is 278 g/mol. The van der Waals surface area contributed by atoms with Crippen molar-refractivity contribution in [2.45, 2.75) is 18.2 Å². The van der Waals surface area contributed by atoms with E-state index in [-0.39, 0.29) is 4.90 Å². The van der Waals surface area contributed by atoms with Gasteiger partial charge in [-0.15, -0.1) is 0 Å². The van der Waals surface area contributed by atoms with Crippen LogP contribution in [0.2, 0.25) is 5.02 Å². The van der Waals surface area contributed by atoms with Gasteiger partial charge in [0.25, 0.3) is 0 Å². The van der Waals surface area contributed by atoms with Crippen LogP contribution in [0.25, 0.3) is 0 Å². The van der Waals surface area contributed by atoms with Crippen molar-refractivity contribution in [2.75, 3.05) is 26.0 Å². The Bertz CT molecular complexity index is 488. The third kappa shape index (κ3) is 3.31. The Morgan fingerprint density at radius 3 is 2.59 bits per heavy atom. The Hall–Kier alpha value is -0.850. The fourth-order valence-corrected chi connectivity index (χ4v) is 2.32. The molecule has 0 unspecified atom stereocenters. The van der Waals surface area contributed by atoms with Crippen LogP contribution in [0.4, 0.5) is 5.82 Å². The number of pyridine rings is 1. The molecule has 0 bridgehead atoms. The summed E-state index contributed by atoms with van der Waals surface area (Å²) >= 11 is 5.97. The van der Waals surface area contributed by atoms with Gasteiger partial charge in [-0.2, -0.15) is 0 Å². The van der Waals surface area contributed by atoms with Crippen LogP contribution in [0, 0.1) is 0 Å². The molecule has 1 heterocycles. The van der Waals surface area contributed by atoms with Crippen LogP contribution in [0.1, 0.15) is 13.3 Å². The van der Waals surface area contributed by atoms with E-state index in [2.05, 4.69) is 10.3 Å². The highest BCUT2D eigenvalue weighted by Crippen LogP contribution is 2.23. The minimum atomic E-state index is -3.48. The SMILES string of the molecule is CCCNc1ncc(S(=O)(=O)N(C)C)cc1Cl. The predicted octanol–water partition coefficient (Wildman–Crippen LogP) is 1.81. The van der Waals surface area contributed by atoms with E-state index >= 15 is 0 Å². The number of sulfonamides is 1. The van der Waals surface area contributed by atoms with E-state index in [1.165, 1.54) is 26.4 Å². The lowest BCUT2D eigenvalue weighted by atomic mass is 10.4. The van der Waals surface area contributed by atoms with Crippen LogP contribution in [0.5, 0.6) is 0 Å². The molecule has 7 heteroatoms. The highest BCUT2D eigenvalue weighted by molar-refractivity contribution is 7.89. The number of hydrogen-bond donors (Lipinski definition) is 1. The summed E-state index contributed by atoms with van der Waals surface area (Å²) in [5.41, 5.74) is 0. The van der Waals surface area contributed by atoms with E-state index in [4.69, 9.17) is 11.6 Å². The van der Waals surface area contributed by atoms with Crippen molar-refractivity contribution in [3.05, 3.63) is 17.3 Å². The normalized spacial score (nSPS) is 11.8. The van der Waals surface area contributed by atoms with Crippen molar-refractivity contribution < 1.29 is 8.42 Å². The zero-order chi connectivity index (χ0) is 13.1. The van der Waals surface area contributed by atoms with Gasteiger partial charge in [-0.3, -0.25) is 0 Å². The van der Waals surface area contributed by atoms with Crippen LogP contribution in [-0.2, 0) is 10.0 Å². The monoisotopic (exact) mass is 277 g/mol. The molecule has 0 radical (unpaired) electrons. The van der Waals surface area contributed by atoms with Gasteiger partial charge < -0.3 is 5.32 Å². The second-order valence-corrected chi connectivity index (χ2v) is 6.27. The first kappa shape index (κ1) is 14.2. The van der Waals surface area contributed by atoms with Crippen molar-refractivity contribution in [1.82, 2.24) is 9.29 Å². The van der Waals surface area contributed by atoms with Gasteiger partial charge >= 0.3 is 0 Å². The highest BCUT2D eigenvalue weighted by atomic mass is 35.5. The fourth-order valence-electron chi connectivity index (χ4n) is 1.15. The number of nitrogens with zero attached hydrogens (tertiary/aromatic N) is 2. The van der Waals surface area contributed by atoms with E-state index in [1.54, 1.807) is 0 Å². The van der Waals surface area contributed by atoms with Gasteiger partial charge in [-0.1, -0.05) is 18.5 Å². The molecule has 1 aromatic rings. The molecule has 0 fully saturated rings. The van der Waals surface area contributed by atoms with Gasteiger partial charge in [0, 0.05) is 26.8 Å². The van der Waals surface area contributed by atoms with Crippen molar-refractivity contribution in [3.63, 3.8) is 0 Å². The molecule has 0 aliphatic rings. The summed E-state index contributed by atoms with van der Waals surface area (Å²) < 4.78 is 24.8. The summed E-state index contributed by atoms with van der Waals surface area (Å²) in [7, 11) is -0.549. The van der Waals surface area contributed by atoms with E-state index in [9.17, 15) is 8.42 Å². The first-order valence-electron chi connectivity index (χ1n) is 5.21. The average Bonchev–Trinajstić information content (AvgIpc) is 2.27. The van der Waals surface area contributed by atoms with Crippen molar-refractivity contribution in [3.8, 4) is 0 Å². The van der Waals surface area contributed by atoms with Crippen LogP contribution in [0.15, 0.2) is 17.2 Å². The molecular weight excluding hydrogens is 262 g/mol. The van der Waals surface area contributed by atoms with Crippen LogP contribution in [0.3, 0.4) is 0 Å². The van der Waals surface area contributed by atoms with Gasteiger partial charge in [0.2, 0.25) is 10.0 Å². The largest absolute Gasteiger partial charge is 0.369 e. The Kier molecular flexibility index (Phi) is 4.73. The van der Waals surface area contributed by atoms with Crippen LogP contribution < -0.4 is 5.32 Å². The maximum absolute atomic E-state index is 11.8. The molecule has 0 aliphatic carbocycles. The van der Waals surface area contributed by atoms with Crippen molar-refractivity contribution in [1.29, 1.82) is 0 Å². The summed E-state index contributed by atoms with van der Waals surface area (Å²) in [5.74, 6) is 0.506. The number of rotatable bonds is 5. The van der Waals surface area contributed by atoms with Crippen molar-refractivity contribution in [2.24, 2.45) is 0 Å². The molecule has 0 amide bonds. The summed E-state index contributed by atoms with van der Waals surface area (Å²) in [6.45, 7) is 2.76. The number of anilines is 1. The third-order valence-corrected chi connectivity index (χ3v) is 4.21. The molecule has 5 nitrogen and oxygen atoms in total. The topological polar surface area (TPSA) is 62.3 Å². The molecule has 17 heavy (non-hydrogen) atoms. The Balaban J connectivity index is 3.05. The fraction of sp³-hybridized carbons (Fsp3) is 0.500. The highest BCUT2D eigenvalue weighted by Gasteiger charge is 2.18. The second-order valence-electron chi connectivity index (χ2n) is 3.72. The third-order valence-electron chi connectivity index (χ3n) is 2.14. The predicted molar refractivity (Wildman–Crippen MR) is 68.9 cm³/mol. The molecule has 1 rings (SSSR count). The molecule has 0 spiro atoms. The summed E-state index contributed by atoms with van der Waals surface area (Å²) in [6, 6.07) is 1.40. The summed E-state index contributed by atoms with van der Waals surface area (Å²) in [4.78, 5) is 4.11. The number of halogens is 1. The number of nitrogens with one attached hydrogen (secondary N) is 1. The van der Waals surface area contributed by atoms with E-state index in [1.807, 2.05) is 6.92 Å². The van der Waals surface area contributed by atoms with Gasteiger partial charge in [0.05, 0.1) is 5.02 Å². The first-order chi connectivity index (χ1) is 7.89. The smallest absolute Gasteiger partial charge is 0.244 e. The van der Waals surface area contributed by atoms with Gasteiger partial charge in [-0.05, 0) is 12.5 Å². The quantitative estimate of drug-likeness (QED) is 0.892. The maximum Gasteiger partial charge on any atom is 0.244 e. The summed E-state index contributed by atoms with van der Waals surface area (Å²) in [5, 5.41) is 3.33. The molecule has 1 N–H and O–H groups in total. The Labute approximate surface area is 107 Å². The van der Waals surface area contributed by atoms with Crippen LogP contribution in [-0.4, -0.2) is 38.3 Å². The first-order valence-corrected chi connectivity index (χ1v) is 7.03. The number of hydrogen-bond acceptors (Lipinski definition) is 4. The number of aromatic nitrogens is 1. The maximum atomic E-state index is 11.8. The van der Waals surface area contributed by atoms with E-state index < -0.39 is 10.0 Å². The lowest BCUT2D eigenvalue weighted by Gasteiger charge is -2.12. The minimum absolute atomic E-state index is 0.0922. The standard InChI is InChI=1S/C10H16ClN3O2S/c1-4-5-12-10-9(11)6-8(7-13-10)17(15,16)14(2)3/h6-7H,4-5H2,1-3H3,(H,12,13). The van der Waals surface area contributed by atoms with E-state index in [0.29, 0.717) is 10.8 Å². The summed E-state index contributed by atoms with van der Waals surface area (Å²) in [6.07, 6.45) is 2.25. The Morgan fingerprint density at radius 2 is 2.12 bits per heavy atom. The van der Waals surface area contributed by atoms with Gasteiger partial charge in [-0.25, -0.2) is 17.7 Å². The van der Waals surface area contributed by atoms with Crippen LogP contribution >= 0.6 is 11.6 Å². The lowest BCUT2D eigenvalue weighted by Crippen LogP contribution is -2.22. The molecule has 96 valence electrons. The molecule has 0 aromatic carbocycles. The zero-order valence-electron chi connectivity index (χ0n) is 10.1.